The third-order valence-electron chi connectivity index (χ3n) is 5.94. The summed E-state index contributed by atoms with van der Waals surface area (Å²) < 4.78 is 26.5. The summed E-state index contributed by atoms with van der Waals surface area (Å²) in [7, 11) is -3.77. The maximum absolute atomic E-state index is 13.6. The number of carbonyl (C=O) groups is 2. The molecule has 0 bridgehead atoms. The minimum Gasteiger partial charge on any atom is -0.354 e. The number of unbranched alkanes of at least 4 members (excludes halogenated alkanes) is 1. The molecule has 36 heavy (non-hydrogen) atoms. The Kier molecular flexibility index (Phi) is 10.4. The van der Waals surface area contributed by atoms with Crippen LogP contribution in [0.2, 0.25) is 5.02 Å². The Labute approximate surface area is 220 Å². The molecular formula is C27H38ClN3O4S. The molecule has 0 saturated carbocycles. The van der Waals surface area contributed by atoms with Gasteiger partial charge in [-0.3, -0.25) is 13.9 Å². The summed E-state index contributed by atoms with van der Waals surface area (Å²) in [5.41, 5.74) is 2.08. The molecule has 198 valence electrons. The summed E-state index contributed by atoms with van der Waals surface area (Å²) in [5, 5.41) is 3.37. The Balaban J connectivity index is 2.36. The second-order valence-electron chi connectivity index (χ2n) is 10.0. The Hall–Kier alpha value is -2.58. The molecule has 0 saturated heterocycles. The van der Waals surface area contributed by atoms with Gasteiger partial charge in [0.05, 0.1) is 11.9 Å². The van der Waals surface area contributed by atoms with Crippen LogP contribution in [0.15, 0.2) is 48.5 Å². The van der Waals surface area contributed by atoms with Crippen LogP contribution in [0.4, 0.5) is 5.69 Å². The largest absolute Gasteiger partial charge is 0.354 e. The summed E-state index contributed by atoms with van der Waals surface area (Å²) >= 11 is 6.13. The number of hydrogen-bond acceptors (Lipinski definition) is 4. The molecule has 0 heterocycles. The number of nitrogens with one attached hydrogen (secondary N) is 1. The zero-order chi connectivity index (χ0) is 27.1. The molecule has 1 unspecified atom stereocenters. The van der Waals surface area contributed by atoms with Gasteiger partial charge in [-0.2, -0.15) is 0 Å². The van der Waals surface area contributed by atoms with Gasteiger partial charge in [-0.05, 0) is 54.2 Å². The maximum atomic E-state index is 13.6. The third-order valence-corrected chi connectivity index (χ3v) is 7.31. The second kappa shape index (κ2) is 12.6. The number of amides is 2. The van der Waals surface area contributed by atoms with Gasteiger partial charge in [0.15, 0.2) is 0 Å². The first-order valence-corrected chi connectivity index (χ1v) is 14.4. The predicted molar refractivity (Wildman–Crippen MR) is 147 cm³/mol. The van der Waals surface area contributed by atoms with Gasteiger partial charge in [-0.1, -0.05) is 70.0 Å². The van der Waals surface area contributed by atoms with Crippen LogP contribution in [-0.2, 0) is 31.6 Å². The lowest BCUT2D eigenvalue weighted by Gasteiger charge is -2.31. The quantitative estimate of drug-likeness (QED) is 0.421. The number of halogens is 1. The maximum Gasteiger partial charge on any atom is 0.244 e. The molecule has 2 aromatic carbocycles. The van der Waals surface area contributed by atoms with Crippen molar-refractivity contribution in [3.05, 3.63) is 64.7 Å². The first kappa shape index (κ1) is 29.6. The van der Waals surface area contributed by atoms with Crippen LogP contribution in [0.25, 0.3) is 0 Å². The summed E-state index contributed by atoms with van der Waals surface area (Å²) in [6, 6.07) is 13.4. The van der Waals surface area contributed by atoms with Crippen LogP contribution in [0.3, 0.4) is 0 Å². The molecule has 0 spiro atoms. The van der Waals surface area contributed by atoms with Gasteiger partial charge in [0.1, 0.15) is 12.6 Å². The molecule has 0 aromatic heterocycles. The summed E-state index contributed by atoms with van der Waals surface area (Å²) in [6.45, 7) is 10.1. The van der Waals surface area contributed by atoms with Gasteiger partial charge in [-0.25, -0.2) is 8.42 Å². The normalized spacial score (nSPS) is 12.6. The molecule has 1 N–H and O–H groups in total. The summed E-state index contributed by atoms with van der Waals surface area (Å²) in [4.78, 5) is 27.8. The minimum absolute atomic E-state index is 0.0986. The van der Waals surface area contributed by atoms with Gasteiger partial charge in [0, 0.05) is 18.1 Å². The third kappa shape index (κ3) is 8.52. The number of sulfonamides is 1. The second-order valence-corrected chi connectivity index (χ2v) is 12.4. The minimum atomic E-state index is -3.77. The number of carbonyl (C=O) groups excluding carboxylic acids is 2. The van der Waals surface area contributed by atoms with E-state index >= 15 is 0 Å². The fourth-order valence-electron chi connectivity index (χ4n) is 3.69. The van der Waals surface area contributed by atoms with Crippen LogP contribution >= 0.6 is 11.6 Å². The molecule has 9 heteroatoms. The highest BCUT2D eigenvalue weighted by atomic mass is 35.5. The molecule has 0 fully saturated rings. The summed E-state index contributed by atoms with van der Waals surface area (Å²) in [6.07, 6.45) is 2.82. The van der Waals surface area contributed by atoms with E-state index in [9.17, 15) is 18.0 Å². The van der Waals surface area contributed by atoms with Gasteiger partial charge in [0.25, 0.3) is 0 Å². The van der Waals surface area contributed by atoms with E-state index in [0.29, 0.717) is 17.3 Å². The molecular weight excluding hydrogens is 498 g/mol. The first-order chi connectivity index (χ1) is 16.7. The van der Waals surface area contributed by atoms with Crippen LogP contribution in [-0.4, -0.2) is 50.5 Å². The number of rotatable bonds is 11. The standard InChI is InChI=1S/C27H38ClN3O4S/c1-7-8-16-29-26(33)20(2)30(18-21-10-9-11-23(28)17-21)25(32)19-31(36(6,34)35)24-14-12-22(13-15-24)27(3,4)5/h9-15,17,20H,7-8,16,18-19H2,1-6H3,(H,29,33). The molecule has 0 aliphatic rings. The van der Waals surface area contributed by atoms with E-state index in [1.807, 2.05) is 25.1 Å². The highest BCUT2D eigenvalue weighted by molar-refractivity contribution is 7.92. The Morgan fingerprint density at radius 3 is 2.25 bits per heavy atom. The molecule has 0 radical (unpaired) electrons. The van der Waals surface area contributed by atoms with Crippen molar-refractivity contribution < 1.29 is 18.0 Å². The highest BCUT2D eigenvalue weighted by Gasteiger charge is 2.30. The smallest absolute Gasteiger partial charge is 0.244 e. The topological polar surface area (TPSA) is 86.8 Å². The number of benzene rings is 2. The Bertz CT molecular complexity index is 1140. The zero-order valence-electron chi connectivity index (χ0n) is 22.0. The van der Waals surface area contributed by atoms with E-state index in [4.69, 9.17) is 11.6 Å². The zero-order valence-corrected chi connectivity index (χ0v) is 23.6. The fraction of sp³-hybridized carbons (Fsp3) is 0.481. The van der Waals surface area contributed by atoms with E-state index in [1.165, 1.54) is 4.90 Å². The lowest BCUT2D eigenvalue weighted by molar-refractivity contribution is -0.139. The SMILES string of the molecule is CCCCNC(=O)C(C)N(Cc1cccc(Cl)c1)C(=O)CN(c1ccc(C(C)(C)C)cc1)S(C)(=O)=O. The van der Waals surface area contributed by atoms with Crippen LogP contribution in [0, 0.1) is 0 Å². The van der Waals surface area contributed by atoms with Crippen molar-refractivity contribution in [3.8, 4) is 0 Å². The lowest BCUT2D eigenvalue weighted by Crippen LogP contribution is -2.51. The van der Waals surface area contributed by atoms with E-state index in [1.54, 1.807) is 37.3 Å². The molecule has 2 aromatic rings. The van der Waals surface area contributed by atoms with Gasteiger partial charge >= 0.3 is 0 Å². The average Bonchev–Trinajstić information content (AvgIpc) is 2.79. The molecule has 7 nitrogen and oxygen atoms in total. The Morgan fingerprint density at radius 2 is 1.72 bits per heavy atom. The molecule has 2 amide bonds. The monoisotopic (exact) mass is 535 g/mol. The van der Waals surface area contributed by atoms with Crippen LogP contribution < -0.4 is 9.62 Å². The molecule has 2 rings (SSSR count). The van der Waals surface area contributed by atoms with Crippen molar-refractivity contribution in [1.29, 1.82) is 0 Å². The van der Waals surface area contributed by atoms with Crippen LogP contribution in [0.5, 0.6) is 0 Å². The van der Waals surface area contributed by atoms with Crippen molar-refractivity contribution in [2.45, 2.75) is 65.5 Å². The van der Waals surface area contributed by atoms with Crippen molar-refractivity contribution in [3.63, 3.8) is 0 Å². The van der Waals surface area contributed by atoms with E-state index in [2.05, 4.69) is 26.1 Å². The molecule has 0 aliphatic heterocycles. The van der Waals surface area contributed by atoms with Gasteiger partial charge in [-0.15, -0.1) is 0 Å². The van der Waals surface area contributed by atoms with Gasteiger partial charge < -0.3 is 10.2 Å². The number of nitrogens with zero attached hydrogens (tertiary/aromatic N) is 2. The van der Waals surface area contributed by atoms with E-state index in [0.717, 1.165) is 34.5 Å². The van der Waals surface area contributed by atoms with Crippen molar-refractivity contribution >= 4 is 39.1 Å². The van der Waals surface area contributed by atoms with E-state index in [-0.39, 0.29) is 17.9 Å². The van der Waals surface area contributed by atoms with Crippen LogP contribution in [0.1, 0.15) is 58.6 Å². The number of hydrogen-bond donors (Lipinski definition) is 1. The molecule has 0 aliphatic carbocycles. The number of anilines is 1. The van der Waals surface area contributed by atoms with Crippen molar-refractivity contribution in [2.75, 3.05) is 23.7 Å². The van der Waals surface area contributed by atoms with E-state index < -0.39 is 28.5 Å². The summed E-state index contributed by atoms with van der Waals surface area (Å²) in [5.74, 6) is -0.780. The first-order valence-electron chi connectivity index (χ1n) is 12.1. The fourth-order valence-corrected chi connectivity index (χ4v) is 4.75. The highest BCUT2D eigenvalue weighted by Crippen LogP contribution is 2.26. The lowest BCUT2D eigenvalue weighted by atomic mass is 9.87. The Morgan fingerprint density at radius 1 is 1.08 bits per heavy atom. The van der Waals surface area contributed by atoms with Gasteiger partial charge in [0.2, 0.25) is 21.8 Å². The van der Waals surface area contributed by atoms with Crippen molar-refractivity contribution in [2.24, 2.45) is 0 Å². The average molecular weight is 536 g/mol. The molecule has 1 atom stereocenters. The predicted octanol–water partition coefficient (Wildman–Crippen LogP) is 4.74. The van der Waals surface area contributed by atoms with Crippen molar-refractivity contribution in [1.82, 2.24) is 10.2 Å².